The van der Waals surface area contributed by atoms with Gasteiger partial charge in [-0.05, 0) is 19.2 Å². The molecule has 1 aromatic rings. The van der Waals surface area contributed by atoms with Gasteiger partial charge in [-0.3, -0.25) is 0 Å². The minimum absolute atomic E-state index is 0.136. The van der Waals surface area contributed by atoms with Crippen LogP contribution < -0.4 is 0 Å². The lowest BCUT2D eigenvalue weighted by Gasteiger charge is -2.29. The van der Waals surface area contributed by atoms with E-state index in [1.54, 1.807) is 0 Å². The summed E-state index contributed by atoms with van der Waals surface area (Å²) in [6.45, 7) is 2.79. The summed E-state index contributed by atoms with van der Waals surface area (Å²) in [5.74, 6) is -0.812. The summed E-state index contributed by atoms with van der Waals surface area (Å²) >= 11 is 5.73. The Kier molecular flexibility index (Phi) is 4.94. The maximum absolute atomic E-state index is 14.0. The van der Waals surface area contributed by atoms with Crippen LogP contribution in [0.2, 0.25) is 5.02 Å². The van der Waals surface area contributed by atoms with Crippen LogP contribution in [-0.4, -0.2) is 63.6 Å². The molecule has 0 aliphatic carbocycles. The molecule has 1 aromatic carbocycles. The number of rotatable bonds is 3. The van der Waals surface area contributed by atoms with Crippen molar-refractivity contribution in [1.82, 2.24) is 9.21 Å². The van der Waals surface area contributed by atoms with E-state index >= 15 is 0 Å². The Balaban J connectivity index is 1.86. The van der Waals surface area contributed by atoms with E-state index in [9.17, 15) is 12.8 Å². The van der Waals surface area contributed by atoms with Crippen LogP contribution in [0.25, 0.3) is 0 Å². The Hall–Kier alpha value is -0.730. The summed E-state index contributed by atoms with van der Waals surface area (Å²) in [6, 6.07) is 3.85. The molecule has 5 nitrogen and oxygen atoms in total. The lowest BCUT2D eigenvalue weighted by molar-refractivity contribution is 0.0659. The van der Waals surface area contributed by atoms with E-state index < -0.39 is 15.8 Å². The van der Waals surface area contributed by atoms with Crippen LogP contribution in [0.4, 0.5) is 4.39 Å². The Morgan fingerprint density at radius 2 is 2.09 bits per heavy atom. The zero-order valence-corrected chi connectivity index (χ0v) is 14.5. The normalized spacial score (nSPS) is 26.9. The highest BCUT2D eigenvalue weighted by molar-refractivity contribution is 7.88. The molecule has 0 saturated carbocycles. The monoisotopic (exact) mass is 362 g/mol. The summed E-state index contributed by atoms with van der Waals surface area (Å²) in [7, 11) is -1.64. The molecule has 2 aliphatic heterocycles. The average molecular weight is 363 g/mol. The van der Waals surface area contributed by atoms with E-state index in [0.717, 1.165) is 12.6 Å². The first kappa shape index (κ1) is 17.1. The van der Waals surface area contributed by atoms with Crippen LogP contribution in [0.1, 0.15) is 5.56 Å². The minimum atomic E-state index is -3.63. The van der Waals surface area contributed by atoms with Gasteiger partial charge in [-0.25, -0.2) is 12.8 Å². The van der Waals surface area contributed by atoms with Crippen molar-refractivity contribution in [2.24, 2.45) is 5.92 Å². The van der Waals surface area contributed by atoms with Crippen molar-refractivity contribution < 1.29 is 17.5 Å². The third-order valence-electron chi connectivity index (χ3n) is 4.31. The van der Waals surface area contributed by atoms with Gasteiger partial charge in [0, 0.05) is 36.1 Å². The number of nitrogens with zero attached hydrogens (tertiary/aromatic N) is 2. The van der Waals surface area contributed by atoms with Crippen LogP contribution in [-0.2, 0) is 20.5 Å². The minimum Gasteiger partial charge on any atom is -0.379 e. The van der Waals surface area contributed by atoms with Gasteiger partial charge in [0.25, 0.3) is 0 Å². The maximum Gasteiger partial charge on any atom is 0.218 e. The summed E-state index contributed by atoms with van der Waals surface area (Å²) in [4.78, 5) is 2.14. The largest absolute Gasteiger partial charge is 0.379 e. The first-order chi connectivity index (χ1) is 10.8. The number of hydrogen-bond donors (Lipinski definition) is 0. The molecular formula is C15H20ClFN2O3S. The Bertz CT molecular complexity index is 685. The molecule has 2 aliphatic rings. The first-order valence-corrected chi connectivity index (χ1v) is 9.53. The molecule has 2 heterocycles. The van der Waals surface area contributed by atoms with Crippen LogP contribution >= 0.6 is 11.6 Å². The number of hydrogen-bond acceptors (Lipinski definition) is 4. The lowest BCUT2D eigenvalue weighted by atomic mass is 10.1. The zero-order valence-electron chi connectivity index (χ0n) is 12.9. The van der Waals surface area contributed by atoms with Crippen molar-refractivity contribution >= 4 is 21.6 Å². The fourth-order valence-electron chi connectivity index (χ4n) is 3.30. The predicted molar refractivity (Wildman–Crippen MR) is 86.3 cm³/mol. The number of fused-ring (bicyclic) bond motifs is 3. The third kappa shape index (κ3) is 3.85. The molecule has 2 atom stereocenters. The first-order valence-electron chi connectivity index (χ1n) is 7.55. The molecule has 0 aromatic heterocycles. The maximum atomic E-state index is 14.0. The number of benzene rings is 1. The Labute approximate surface area is 141 Å². The van der Waals surface area contributed by atoms with E-state index in [0.29, 0.717) is 26.3 Å². The van der Waals surface area contributed by atoms with Gasteiger partial charge in [-0.15, -0.1) is 0 Å². The number of ether oxygens (including phenoxy) is 1. The second-order valence-electron chi connectivity index (χ2n) is 6.34. The van der Waals surface area contributed by atoms with Crippen molar-refractivity contribution in [3.63, 3.8) is 0 Å². The molecular weight excluding hydrogens is 343 g/mol. The highest BCUT2D eigenvalue weighted by Gasteiger charge is 2.38. The van der Waals surface area contributed by atoms with E-state index in [1.807, 2.05) is 7.05 Å². The smallest absolute Gasteiger partial charge is 0.218 e. The van der Waals surface area contributed by atoms with Crippen LogP contribution in [0.5, 0.6) is 0 Å². The standard InChI is InChI=1S/C15H20ClFN2O3S/c1-18-5-11-6-19(14(7-18)9-22-8-11)23(20,21)10-12-2-3-13(16)4-15(12)17/h2-4,11,14H,5-10H2,1H3/t11-,14-/m0/s1. The Morgan fingerprint density at radius 1 is 1.30 bits per heavy atom. The van der Waals surface area contributed by atoms with E-state index in [1.165, 1.54) is 16.4 Å². The topological polar surface area (TPSA) is 49.9 Å². The molecule has 0 unspecified atom stereocenters. The van der Waals surface area contributed by atoms with Crippen LogP contribution in [0.3, 0.4) is 0 Å². The molecule has 8 heteroatoms. The molecule has 0 spiro atoms. The van der Waals surface area contributed by atoms with Gasteiger partial charge in [0.2, 0.25) is 10.0 Å². The van der Waals surface area contributed by atoms with Crippen molar-refractivity contribution in [2.45, 2.75) is 11.8 Å². The molecule has 0 N–H and O–H groups in total. The van der Waals surface area contributed by atoms with Gasteiger partial charge in [-0.2, -0.15) is 4.31 Å². The summed E-state index contributed by atoms with van der Waals surface area (Å²) < 4.78 is 46.8. The summed E-state index contributed by atoms with van der Waals surface area (Å²) in [5, 5.41) is 0.254. The third-order valence-corrected chi connectivity index (χ3v) is 6.38. The van der Waals surface area contributed by atoms with Gasteiger partial charge in [-0.1, -0.05) is 17.7 Å². The SMILES string of the molecule is CN1C[C@@H]2COC[C@H](C1)N(S(=O)(=O)Cc1ccc(Cl)cc1F)C2. The van der Waals surface area contributed by atoms with E-state index in [-0.39, 0.29) is 28.3 Å². The molecule has 2 bridgehead atoms. The van der Waals surface area contributed by atoms with Crippen molar-refractivity contribution in [3.8, 4) is 0 Å². The number of halogens is 2. The molecule has 2 saturated heterocycles. The fraction of sp³-hybridized carbons (Fsp3) is 0.600. The van der Waals surface area contributed by atoms with Gasteiger partial charge in [0.15, 0.2) is 0 Å². The highest BCUT2D eigenvalue weighted by atomic mass is 35.5. The zero-order chi connectivity index (χ0) is 16.6. The summed E-state index contributed by atoms with van der Waals surface area (Å²) in [6.07, 6.45) is 0. The molecule has 128 valence electrons. The van der Waals surface area contributed by atoms with E-state index in [4.69, 9.17) is 16.3 Å². The quantitative estimate of drug-likeness (QED) is 0.819. The molecule has 23 heavy (non-hydrogen) atoms. The van der Waals surface area contributed by atoms with Gasteiger partial charge in [0.05, 0.1) is 25.0 Å². The molecule has 2 fully saturated rings. The molecule has 3 rings (SSSR count). The van der Waals surface area contributed by atoms with Crippen LogP contribution in [0.15, 0.2) is 18.2 Å². The van der Waals surface area contributed by atoms with Gasteiger partial charge in [0.1, 0.15) is 5.82 Å². The second kappa shape index (κ2) is 6.64. The average Bonchev–Trinajstić information content (AvgIpc) is 2.72. The van der Waals surface area contributed by atoms with Gasteiger partial charge >= 0.3 is 0 Å². The Morgan fingerprint density at radius 3 is 2.83 bits per heavy atom. The van der Waals surface area contributed by atoms with Crippen molar-refractivity contribution in [3.05, 3.63) is 34.6 Å². The predicted octanol–water partition coefficient (Wildman–Crippen LogP) is 1.57. The summed E-state index contributed by atoms with van der Waals surface area (Å²) in [5.41, 5.74) is 0.141. The molecule has 0 amide bonds. The van der Waals surface area contributed by atoms with Crippen LogP contribution in [0, 0.1) is 11.7 Å². The second-order valence-corrected chi connectivity index (χ2v) is 8.70. The highest BCUT2D eigenvalue weighted by Crippen LogP contribution is 2.25. The molecule has 0 radical (unpaired) electrons. The van der Waals surface area contributed by atoms with Crippen molar-refractivity contribution in [2.75, 3.05) is 39.9 Å². The number of likely N-dealkylation sites (N-methyl/N-ethyl adjacent to an activating group) is 1. The number of sulfonamides is 1. The van der Waals surface area contributed by atoms with Gasteiger partial charge < -0.3 is 9.64 Å². The van der Waals surface area contributed by atoms with Crippen molar-refractivity contribution in [1.29, 1.82) is 0 Å². The fourth-order valence-corrected chi connectivity index (χ4v) is 5.27. The lowest BCUT2D eigenvalue weighted by Crippen LogP contribution is -2.46. The van der Waals surface area contributed by atoms with E-state index in [2.05, 4.69) is 4.90 Å².